The average molecular weight is 238 g/mol. The SMILES string of the molecule is CC1CN(Cc2nc(N)nc(N)n2)CCC1O. The molecule has 0 aromatic carbocycles. The van der Waals surface area contributed by atoms with Gasteiger partial charge in [-0.1, -0.05) is 6.92 Å². The van der Waals surface area contributed by atoms with E-state index in [9.17, 15) is 5.11 Å². The largest absolute Gasteiger partial charge is 0.393 e. The lowest BCUT2D eigenvalue weighted by Gasteiger charge is -2.33. The van der Waals surface area contributed by atoms with E-state index in [1.54, 1.807) is 0 Å². The standard InChI is InChI=1S/C10H18N6O/c1-6-4-16(3-2-7(6)17)5-8-13-9(11)15-10(12)14-8/h6-7,17H,2-5H2,1H3,(H4,11,12,13,14,15). The summed E-state index contributed by atoms with van der Waals surface area (Å²) in [7, 11) is 0. The first-order valence-corrected chi connectivity index (χ1v) is 5.71. The maximum absolute atomic E-state index is 9.64. The quantitative estimate of drug-likeness (QED) is 0.620. The van der Waals surface area contributed by atoms with Crippen LogP contribution in [0, 0.1) is 5.92 Å². The highest BCUT2D eigenvalue weighted by Crippen LogP contribution is 2.17. The van der Waals surface area contributed by atoms with Crippen molar-refractivity contribution in [1.29, 1.82) is 0 Å². The van der Waals surface area contributed by atoms with Crippen molar-refractivity contribution in [2.24, 2.45) is 5.92 Å². The molecule has 7 nitrogen and oxygen atoms in total. The molecule has 0 amide bonds. The number of aromatic nitrogens is 3. The highest BCUT2D eigenvalue weighted by atomic mass is 16.3. The predicted octanol–water partition coefficient (Wildman–Crippen LogP) is -0.761. The fourth-order valence-corrected chi connectivity index (χ4v) is 2.09. The van der Waals surface area contributed by atoms with Crippen molar-refractivity contribution in [2.45, 2.75) is 26.0 Å². The summed E-state index contributed by atoms with van der Waals surface area (Å²) in [5.41, 5.74) is 11.0. The van der Waals surface area contributed by atoms with Crippen molar-refractivity contribution in [3.63, 3.8) is 0 Å². The van der Waals surface area contributed by atoms with Gasteiger partial charge in [0.1, 0.15) is 5.82 Å². The Morgan fingerprint density at radius 3 is 2.53 bits per heavy atom. The maximum atomic E-state index is 9.64. The fraction of sp³-hybridized carbons (Fsp3) is 0.700. The second-order valence-electron chi connectivity index (χ2n) is 4.54. The lowest BCUT2D eigenvalue weighted by Crippen LogP contribution is -2.41. The normalized spacial score (nSPS) is 26.0. The molecule has 1 aromatic heterocycles. The van der Waals surface area contributed by atoms with Gasteiger partial charge in [-0.25, -0.2) is 0 Å². The molecule has 1 aliphatic rings. The molecule has 0 radical (unpaired) electrons. The molecule has 94 valence electrons. The molecule has 7 heteroatoms. The Kier molecular flexibility index (Phi) is 3.39. The Bertz CT molecular complexity index is 378. The van der Waals surface area contributed by atoms with Gasteiger partial charge in [-0.05, 0) is 12.3 Å². The number of nitrogen functional groups attached to an aromatic ring is 2. The van der Waals surface area contributed by atoms with Crippen LogP contribution in [0.1, 0.15) is 19.2 Å². The molecule has 17 heavy (non-hydrogen) atoms. The maximum Gasteiger partial charge on any atom is 0.225 e. The Labute approximate surface area is 99.9 Å². The summed E-state index contributed by atoms with van der Waals surface area (Å²) in [5.74, 6) is 1.15. The van der Waals surface area contributed by atoms with Crippen LogP contribution in [-0.4, -0.2) is 44.2 Å². The Balaban J connectivity index is 2.01. The van der Waals surface area contributed by atoms with Gasteiger partial charge in [0.2, 0.25) is 11.9 Å². The average Bonchev–Trinajstić information content (AvgIpc) is 2.22. The van der Waals surface area contributed by atoms with Crippen LogP contribution in [-0.2, 0) is 6.54 Å². The zero-order chi connectivity index (χ0) is 12.4. The molecular formula is C10H18N6O. The van der Waals surface area contributed by atoms with Crippen LogP contribution < -0.4 is 11.5 Å². The van der Waals surface area contributed by atoms with Crippen LogP contribution in [0.15, 0.2) is 0 Å². The molecule has 1 aliphatic heterocycles. The second kappa shape index (κ2) is 4.80. The van der Waals surface area contributed by atoms with E-state index in [0.717, 1.165) is 19.5 Å². The minimum absolute atomic E-state index is 0.151. The van der Waals surface area contributed by atoms with Gasteiger partial charge in [0.25, 0.3) is 0 Å². The summed E-state index contributed by atoms with van der Waals surface area (Å²) in [6.07, 6.45) is 0.566. The first-order valence-electron chi connectivity index (χ1n) is 5.71. The Morgan fingerprint density at radius 1 is 1.29 bits per heavy atom. The van der Waals surface area contributed by atoms with Crippen molar-refractivity contribution < 1.29 is 5.11 Å². The smallest absolute Gasteiger partial charge is 0.225 e. The van der Waals surface area contributed by atoms with E-state index in [1.165, 1.54) is 0 Å². The first-order chi connectivity index (χ1) is 8.04. The second-order valence-corrected chi connectivity index (χ2v) is 4.54. The molecule has 2 rings (SSSR count). The van der Waals surface area contributed by atoms with Crippen LogP contribution in [0.5, 0.6) is 0 Å². The number of hydrogen-bond acceptors (Lipinski definition) is 7. The number of nitrogens with zero attached hydrogens (tertiary/aromatic N) is 4. The molecule has 0 spiro atoms. The molecule has 0 aliphatic carbocycles. The van der Waals surface area contributed by atoms with Crippen LogP contribution in [0.2, 0.25) is 0 Å². The van der Waals surface area contributed by atoms with Gasteiger partial charge in [0.05, 0.1) is 12.6 Å². The number of piperidine rings is 1. The Morgan fingerprint density at radius 2 is 1.94 bits per heavy atom. The molecule has 1 fully saturated rings. The fourth-order valence-electron chi connectivity index (χ4n) is 2.09. The van der Waals surface area contributed by atoms with E-state index in [1.807, 2.05) is 6.92 Å². The number of hydrogen-bond donors (Lipinski definition) is 3. The molecule has 2 unspecified atom stereocenters. The summed E-state index contributed by atoms with van der Waals surface area (Å²) >= 11 is 0. The number of anilines is 2. The number of likely N-dealkylation sites (tertiary alicyclic amines) is 1. The monoisotopic (exact) mass is 238 g/mol. The minimum atomic E-state index is -0.209. The third-order valence-electron chi connectivity index (χ3n) is 3.03. The van der Waals surface area contributed by atoms with Crippen molar-refractivity contribution in [3.05, 3.63) is 5.82 Å². The highest BCUT2D eigenvalue weighted by molar-refractivity contribution is 5.25. The summed E-state index contributed by atoms with van der Waals surface area (Å²) in [4.78, 5) is 14.0. The third-order valence-corrected chi connectivity index (χ3v) is 3.03. The molecule has 0 saturated carbocycles. The van der Waals surface area contributed by atoms with Crippen molar-refractivity contribution >= 4 is 11.9 Å². The van der Waals surface area contributed by atoms with Gasteiger partial charge in [-0.2, -0.15) is 15.0 Å². The molecule has 5 N–H and O–H groups in total. The van der Waals surface area contributed by atoms with Gasteiger partial charge in [-0.15, -0.1) is 0 Å². The summed E-state index contributed by atoms with van der Waals surface area (Å²) in [6.45, 7) is 4.28. The summed E-state index contributed by atoms with van der Waals surface area (Å²) in [6, 6.07) is 0. The molecular weight excluding hydrogens is 220 g/mol. The van der Waals surface area contributed by atoms with Crippen LogP contribution in [0.3, 0.4) is 0 Å². The van der Waals surface area contributed by atoms with Gasteiger partial charge in [-0.3, -0.25) is 4.90 Å². The van der Waals surface area contributed by atoms with Crippen LogP contribution >= 0.6 is 0 Å². The number of aliphatic hydroxyl groups is 1. The summed E-state index contributed by atoms with van der Waals surface area (Å²) in [5, 5.41) is 9.64. The van der Waals surface area contributed by atoms with E-state index >= 15 is 0 Å². The number of nitrogens with two attached hydrogens (primary N) is 2. The highest BCUT2D eigenvalue weighted by Gasteiger charge is 2.24. The van der Waals surface area contributed by atoms with E-state index in [2.05, 4.69) is 19.9 Å². The van der Waals surface area contributed by atoms with Crippen molar-refractivity contribution in [3.8, 4) is 0 Å². The lowest BCUT2D eigenvalue weighted by molar-refractivity contribution is 0.0311. The minimum Gasteiger partial charge on any atom is -0.393 e. The predicted molar refractivity (Wildman–Crippen MR) is 63.7 cm³/mol. The first kappa shape index (κ1) is 12.0. The van der Waals surface area contributed by atoms with Gasteiger partial charge in [0, 0.05) is 13.1 Å². The molecule has 2 heterocycles. The molecule has 1 saturated heterocycles. The third kappa shape index (κ3) is 3.01. The molecule has 0 bridgehead atoms. The van der Waals surface area contributed by atoms with E-state index in [4.69, 9.17) is 11.5 Å². The lowest BCUT2D eigenvalue weighted by atomic mass is 9.97. The summed E-state index contributed by atoms with van der Waals surface area (Å²) < 4.78 is 0. The Hall–Kier alpha value is -1.47. The number of rotatable bonds is 2. The van der Waals surface area contributed by atoms with Crippen molar-refractivity contribution in [2.75, 3.05) is 24.6 Å². The van der Waals surface area contributed by atoms with E-state index in [-0.39, 0.29) is 23.9 Å². The van der Waals surface area contributed by atoms with Gasteiger partial charge < -0.3 is 16.6 Å². The molecule has 2 atom stereocenters. The van der Waals surface area contributed by atoms with Gasteiger partial charge in [0.15, 0.2) is 0 Å². The zero-order valence-electron chi connectivity index (χ0n) is 9.87. The van der Waals surface area contributed by atoms with Crippen LogP contribution in [0.25, 0.3) is 0 Å². The number of aliphatic hydroxyl groups excluding tert-OH is 1. The van der Waals surface area contributed by atoms with Crippen molar-refractivity contribution in [1.82, 2.24) is 19.9 Å². The van der Waals surface area contributed by atoms with E-state index < -0.39 is 0 Å². The van der Waals surface area contributed by atoms with Crippen LogP contribution in [0.4, 0.5) is 11.9 Å². The van der Waals surface area contributed by atoms with E-state index in [0.29, 0.717) is 12.4 Å². The zero-order valence-corrected chi connectivity index (χ0v) is 9.87. The van der Waals surface area contributed by atoms with Gasteiger partial charge >= 0.3 is 0 Å². The topological polar surface area (TPSA) is 114 Å². The molecule has 1 aromatic rings.